The summed E-state index contributed by atoms with van der Waals surface area (Å²) < 4.78 is 0. The third-order valence-electron chi connectivity index (χ3n) is 3.71. The van der Waals surface area contributed by atoms with E-state index in [1.165, 1.54) is 0 Å². The van der Waals surface area contributed by atoms with E-state index < -0.39 is 0 Å². The van der Waals surface area contributed by atoms with E-state index in [0.29, 0.717) is 17.8 Å². The summed E-state index contributed by atoms with van der Waals surface area (Å²) in [7, 11) is 1.59. The van der Waals surface area contributed by atoms with Gasteiger partial charge >= 0.3 is 0 Å². The lowest BCUT2D eigenvalue weighted by molar-refractivity contribution is 0.0963. The summed E-state index contributed by atoms with van der Waals surface area (Å²) in [5.41, 5.74) is 7.84. The third kappa shape index (κ3) is 3.17. The van der Waals surface area contributed by atoms with Crippen LogP contribution in [0.15, 0.2) is 18.2 Å². The first-order chi connectivity index (χ1) is 9.11. The first kappa shape index (κ1) is 13.7. The molecule has 1 aliphatic rings. The van der Waals surface area contributed by atoms with Gasteiger partial charge in [0.05, 0.1) is 17.5 Å². The van der Waals surface area contributed by atoms with Crippen molar-refractivity contribution in [1.29, 1.82) is 0 Å². The monoisotopic (exact) mass is 263 g/mol. The second kappa shape index (κ2) is 5.93. The highest BCUT2D eigenvalue weighted by molar-refractivity contribution is 5.95. The van der Waals surface area contributed by atoms with Crippen LogP contribution in [-0.2, 0) is 0 Å². The standard InChI is InChI=1S/C14H21N3O2/c1-16-14(19)9-5-6-12(11(15)7-9)17-8-10-3-2-4-13(10)18/h5-7,10,13,17-18H,2-4,8,15H2,1H3,(H,16,19). The van der Waals surface area contributed by atoms with Gasteiger partial charge in [-0.05, 0) is 31.0 Å². The lowest BCUT2D eigenvalue weighted by atomic mass is 10.1. The van der Waals surface area contributed by atoms with E-state index in [2.05, 4.69) is 10.6 Å². The van der Waals surface area contributed by atoms with Crippen molar-refractivity contribution in [3.8, 4) is 0 Å². The van der Waals surface area contributed by atoms with E-state index >= 15 is 0 Å². The number of aliphatic hydroxyl groups is 1. The Bertz CT molecular complexity index is 462. The summed E-state index contributed by atoms with van der Waals surface area (Å²) >= 11 is 0. The zero-order valence-electron chi connectivity index (χ0n) is 11.1. The van der Waals surface area contributed by atoms with Gasteiger partial charge in [-0.2, -0.15) is 0 Å². The summed E-state index contributed by atoms with van der Waals surface area (Å²) in [5, 5.41) is 15.6. The highest BCUT2D eigenvalue weighted by Gasteiger charge is 2.24. The van der Waals surface area contributed by atoms with Gasteiger partial charge < -0.3 is 21.5 Å². The molecule has 0 radical (unpaired) electrons. The van der Waals surface area contributed by atoms with Crippen molar-refractivity contribution in [3.05, 3.63) is 23.8 Å². The average Bonchev–Trinajstić information content (AvgIpc) is 2.82. The van der Waals surface area contributed by atoms with Crippen LogP contribution in [0.3, 0.4) is 0 Å². The van der Waals surface area contributed by atoms with Gasteiger partial charge in [0.2, 0.25) is 0 Å². The van der Waals surface area contributed by atoms with Gasteiger partial charge in [-0.15, -0.1) is 0 Å². The van der Waals surface area contributed by atoms with E-state index in [4.69, 9.17) is 5.73 Å². The van der Waals surface area contributed by atoms with Crippen LogP contribution in [0, 0.1) is 5.92 Å². The predicted molar refractivity (Wildman–Crippen MR) is 76.1 cm³/mol. The molecule has 0 bridgehead atoms. The third-order valence-corrected chi connectivity index (χ3v) is 3.71. The van der Waals surface area contributed by atoms with Gasteiger partial charge in [0.15, 0.2) is 0 Å². The van der Waals surface area contributed by atoms with Crippen molar-refractivity contribution in [3.63, 3.8) is 0 Å². The molecule has 5 N–H and O–H groups in total. The number of nitrogens with one attached hydrogen (secondary N) is 2. The molecule has 0 aliphatic heterocycles. The fourth-order valence-corrected chi connectivity index (χ4v) is 2.51. The van der Waals surface area contributed by atoms with Crippen LogP contribution in [0.25, 0.3) is 0 Å². The molecule has 1 aromatic carbocycles. The van der Waals surface area contributed by atoms with Crippen LogP contribution in [0.5, 0.6) is 0 Å². The number of carbonyl (C=O) groups excluding carboxylic acids is 1. The van der Waals surface area contributed by atoms with Crippen molar-refractivity contribution in [2.45, 2.75) is 25.4 Å². The number of carbonyl (C=O) groups is 1. The Balaban J connectivity index is 1.99. The molecule has 5 heteroatoms. The maximum absolute atomic E-state index is 11.5. The summed E-state index contributed by atoms with van der Waals surface area (Å²) in [5.74, 6) is 0.141. The maximum Gasteiger partial charge on any atom is 0.251 e. The lowest BCUT2D eigenvalue weighted by Gasteiger charge is -2.17. The minimum atomic E-state index is -0.209. The zero-order valence-corrected chi connectivity index (χ0v) is 11.1. The zero-order chi connectivity index (χ0) is 13.8. The van der Waals surface area contributed by atoms with Crippen LogP contribution in [0.2, 0.25) is 0 Å². The van der Waals surface area contributed by atoms with Crippen LogP contribution >= 0.6 is 0 Å². The Morgan fingerprint density at radius 3 is 2.84 bits per heavy atom. The van der Waals surface area contributed by atoms with Crippen molar-refractivity contribution >= 4 is 17.3 Å². The molecule has 2 atom stereocenters. The van der Waals surface area contributed by atoms with E-state index in [1.807, 2.05) is 0 Å². The molecule has 1 fully saturated rings. The number of rotatable bonds is 4. The largest absolute Gasteiger partial charge is 0.397 e. The van der Waals surface area contributed by atoms with Crippen LogP contribution in [-0.4, -0.2) is 30.7 Å². The van der Waals surface area contributed by atoms with Gasteiger partial charge in [-0.25, -0.2) is 0 Å². The van der Waals surface area contributed by atoms with Crippen LogP contribution in [0.1, 0.15) is 29.6 Å². The second-order valence-electron chi connectivity index (χ2n) is 5.02. The molecule has 1 saturated carbocycles. The van der Waals surface area contributed by atoms with Gasteiger partial charge in [-0.1, -0.05) is 6.42 Å². The van der Waals surface area contributed by atoms with Gasteiger partial charge in [0, 0.05) is 25.1 Å². The van der Waals surface area contributed by atoms with E-state index in [9.17, 15) is 9.90 Å². The number of hydrogen-bond acceptors (Lipinski definition) is 4. The topological polar surface area (TPSA) is 87.4 Å². The fraction of sp³-hybridized carbons (Fsp3) is 0.500. The van der Waals surface area contributed by atoms with Gasteiger partial charge in [-0.3, -0.25) is 4.79 Å². The Kier molecular flexibility index (Phi) is 4.27. The van der Waals surface area contributed by atoms with Crippen molar-refractivity contribution in [2.24, 2.45) is 5.92 Å². The second-order valence-corrected chi connectivity index (χ2v) is 5.02. The summed E-state index contributed by atoms with van der Waals surface area (Å²) in [6, 6.07) is 5.20. The van der Waals surface area contributed by atoms with Gasteiger partial charge in [0.25, 0.3) is 5.91 Å². The SMILES string of the molecule is CNC(=O)c1ccc(NCC2CCCC2O)c(N)c1. The number of benzene rings is 1. The van der Waals surface area contributed by atoms with Crippen LogP contribution in [0.4, 0.5) is 11.4 Å². The minimum absolute atomic E-state index is 0.149. The molecule has 0 saturated heterocycles. The maximum atomic E-state index is 11.5. The Morgan fingerprint density at radius 2 is 2.26 bits per heavy atom. The molecule has 0 aromatic heterocycles. The fourth-order valence-electron chi connectivity index (χ4n) is 2.51. The highest BCUT2D eigenvalue weighted by Crippen LogP contribution is 2.27. The number of anilines is 2. The molecular formula is C14H21N3O2. The highest BCUT2D eigenvalue weighted by atomic mass is 16.3. The number of nitrogen functional groups attached to an aromatic ring is 1. The average molecular weight is 263 g/mol. The molecule has 0 heterocycles. The molecular weight excluding hydrogens is 242 g/mol. The smallest absolute Gasteiger partial charge is 0.251 e. The molecule has 1 aliphatic carbocycles. The van der Waals surface area contributed by atoms with Crippen molar-refractivity contribution in [2.75, 3.05) is 24.6 Å². The molecule has 0 spiro atoms. The Hall–Kier alpha value is -1.75. The Morgan fingerprint density at radius 1 is 1.47 bits per heavy atom. The number of hydrogen-bond donors (Lipinski definition) is 4. The van der Waals surface area contributed by atoms with E-state index in [-0.39, 0.29) is 17.9 Å². The predicted octanol–water partition coefficient (Wildman–Crippen LogP) is 1.20. The van der Waals surface area contributed by atoms with E-state index in [0.717, 1.165) is 24.9 Å². The first-order valence-corrected chi connectivity index (χ1v) is 6.65. The summed E-state index contributed by atoms with van der Waals surface area (Å²) in [4.78, 5) is 11.5. The summed E-state index contributed by atoms with van der Waals surface area (Å²) in [6.07, 6.45) is 2.80. The summed E-state index contributed by atoms with van der Waals surface area (Å²) in [6.45, 7) is 0.713. The number of amides is 1. The van der Waals surface area contributed by atoms with Crippen molar-refractivity contribution in [1.82, 2.24) is 5.32 Å². The van der Waals surface area contributed by atoms with E-state index in [1.54, 1.807) is 25.2 Å². The molecule has 2 rings (SSSR count). The molecule has 2 unspecified atom stereocenters. The van der Waals surface area contributed by atoms with Gasteiger partial charge in [0.1, 0.15) is 0 Å². The molecule has 1 aromatic rings. The number of aliphatic hydroxyl groups excluding tert-OH is 1. The lowest BCUT2D eigenvalue weighted by Crippen LogP contribution is -2.22. The van der Waals surface area contributed by atoms with Crippen molar-refractivity contribution < 1.29 is 9.90 Å². The minimum Gasteiger partial charge on any atom is -0.397 e. The quantitative estimate of drug-likeness (QED) is 0.615. The molecule has 19 heavy (non-hydrogen) atoms. The Labute approximate surface area is 113 Å². The number of nitrogens with two attached hydrogens (primary N) is 1. The first-order valence-electron chi connectivity index (χ1n) is 6.65. The molecule has 5 nitrogen and oxygen atoms in total. The molecule has 104 valence electrons. The normalized spacial score (nSPS) is 22.2. The van der Waals surface area contributed by atoms with Crippen LogP contribution < -0.4 is 16.4 Å². The molecule has 1 amide bonds.